The van der Waals surface area contributed by atoms with Gasteiger partial charge in [0.05, 0.1) is 18.5 Å². The lowest BCUT2D eigenvalue weighted by molar-refractivity contribution is 0.102. The molecule has 5 rings (SSSR count). The van der Waals surface area contributed by atoms with Gasteiger partial charge in [0.1, 0.15) is 21.5 Å². The predicted octanol–water partition coefficient (Wildman–Crippen LogP) is 5.29. The summed E-state index contributed by atoms with van der Waals surface area (Å²) in [4.78, 5) is 22.9. The van der Waals surface area contributed by atoms with E-state index in [0.29, 0.717) is 20.5 Å². The third-order valence-corrected chi connectivity index (χ3v) is 6.79. The summed E-state index contributed by atoms with van der Waals surface area (Å²) < 4.78 is 20.2. The standard InChI is InChI=1S/C22H16FN5O2S2/c1-12-18(32-20(24-12)13-6-8-15(23)9-7-13)19(29)25-21-26-22-28(27-21)17(11-31-22)14-4-3-5-16(10-14)30-2/h3-11H,1-2H3,(H,25,27,29). The smallest absolute Gasteiger partial charge is 0.270 e. The number of fused-ring (bicyclic) bond motifs is 1. The third-order valence-electron chi connectivity index (χ3n) is 4.77. The Kier molecular flexibility index (Phi) is 5.16. The van der Waals surface area contributed by atoms with E-state index in [1.807, 2.05) is 29.6 Å². The molecule has 160 valence electrons. The number of thiazole rings is 2. The number of amides is 1. The van der Waals surface area contributed by atoms with Gasteiger partial charge in [0, 0.05) is 16.5 Å². The molecule has 5 aromatic rings. The van der Waals surface area contributed by atoms with Crippen LogP contribution < -0.4 is 10.1 Å². The molecule has 0 aliphatic carbocycles. The number of hydrogen-bond donors (Lipinski definition) is 1. The molecule has 0 saturated heterocycles. The van der Waals surface area contributed by atoms with Crippen molar-refractivity contribution in [1.82, 2.24) is 19.6 Å². The van der Waals surface area contributed by atoms with Gasteiger partial charge in [-0.3, -0.25) is 10.1 Å². The van der Waals surface area contributed by atoms with E-state index in [2.05, 4.69) is 20.4 Å². The van der Waals surface area contributed by atoms with Crippen LogP contribution in [-0.2, 0) is 0 Å². The monoisotopic (exact) mass is 465 g/mol. The van der Waals surface area contributed by atoms with Crippen LogP contribution in [0.3, 0.4) is 0 Å². The van der Waals surface area contributed by atoms with Gasteiger partial charge in [-0.2, -0.15) is 4.98 Å². The number of rotatable bonds is 5. The van der Waals surface area contributed by atoms with Crippen molar-refractivity contribution in [2.45, 2.75) is 6.92 Å². The number of aromatic nitrogens is 4. The van der Waals surface area contributed by atoms with Crippen molar-refractivity contribution in [1.29, 1.82) is 0 Å². The molecule has 0 aliphatic rings. The number of methoxy groups -OCH3 is 1. The largest absolute Gasteiger partial charge is 0.497 e. The molecule has 0 unspecified atom stereocenters. The van der Waals surface area contributed by atoms with Crippen LogP contribution in [0.15, 0.2) is 53.9 Å². The van der Waals surface area contributed by atoms with Gasteiger partial charge in [-0.15, -0.1) is 27.8 Å². The molecule has 3 aromatic heterocycles. The summed E-state index contributed by atoms with van der Waals surface area (Å²) in [5.41, 5.74) is 3.12. The van der Waals surface area contributed by atoms with E-state index < -0.39 is 0 Å². The van der Waals surface area contributed by atoms with Crippen LogP contribution in [-0.4, -0.2) is 32.6 Å². The molecular formula is C22H16FN5O2S2. The Bertz CT molecular complexity index is 1440. The van der Waals surface area contributed by atoms with Crippen LogP contribution in [0.1, 0.15) is 15.4 Å². The van der Waals surface area contributed by atoms with E-state index >= 15 is 0 Å². The molecule has 0 fully saturated rings. The van der Waals surface area contributed by atoms with Gasteiger partial charge in [0.15, 0.2) is 0 Å². The zero-order valence-corrected chi connectivity index (χ0v) is 18.6. The average molecular weight is 466 g/mol. The molecule has 7 nitrogen and oxygen atoms in total. The SMILES string of the molecule is COc1cccc(-c2csc3nc(NC(=O)c4sc(-c5ccc(F)cc5)nc4C)nn23)c1. The highest BCUT2D eigenvalue weighted by Gasteiger charge is 2.19. The Labute approximate surface area is 190 Å². The van der Waals surface area contributed by atoms with E-state index in [9.17, 15) is 9.18 Å². The maximum Gasteiger partial charge on any atom is 0.270 e. The zero-order chi connectivity index (χ0) is 22.2. The summed E-state index contributed by atoms with van der Waals surface area (Å²) in [6.07, 6.45) is 0. The number of carbonyl (C=O) groups excluding carboxylic acids is 1. The summed E-state index contributed by atoms with van der Waals surface area (Å²) in [7, 11) is 1.62. The fraction of sp³-hybridized carbons (Fsp3) is 0.0909. The second-order valence-electron chi connectivity index (χ2n) is 6.88. The topological polar surface area (TPSA) is 81.4 Å². The molecule has 0 saturated carbocycles. The van der Waals surface area contributed by atoms with Crippen LogP contribution in [0, 0.1) is 12.7 Å². The number of benzene rings is 2. The highest BCUT2D eigenvalue weighted by Crippen LogP contribution is 2.30. The lowest BCUT2D eigenvalue weighted by atomic mass is 10.2. The minimum absolute atomic E-state index is 0.210. The Morgan fingerprint density at radius 3 is 2.72 bits per heavy atom. The van der Waals surface area contributed by atoms with E-state index in [0.717, 1.165) is 22.6 Å². The number of carbonyl (C=O) groups is 1. The summed E-state index contributed by atoms with van der Waals surface area (Å²) in [5, 5.41) is 9.82. The normalized spacial score (nSPS) is 11.1. The Morgan fingerprint density at radius 2 is 1.94 bits per heavy atom. The minimum atomic E-state index is -0.338. The number of anilines is 1. The van der Waals surface area contributed by atoms with Crippen LogP contribution in [0.2, 0.25) is 0 Å². The molecule has 3 heterocycles. The van der Waals surface area contributed by atoms with Crippen LogP contribution in [0.5, 0.6) is 5.75 Å². The van der Waals surface area contributed by atoms with Crippen LogP contribution >= 0.6 is 22.7 Å². The predicted molar refractivity (Wildman–Crippen MR) is 123 cm³/mol. The maximum absolute atomic E-state index is 13.2. The number of nitrogens with one attached hydrogen (secondary N) is 1. The quantitative estimate of drug-likeness (QED) is 0.381. The first-order chi connectivity index (χ1) is 15.5. The van der Waals surface area contributed by atoms with Gasteiger partial charge in [-0.05, 0) is 43.3 Å². The van der Waals surface area contributed by atoms with Crippen molar-refractivity contribution in [3.8, 4) is 27.6 Å². The number of hydrogen-bond acceptors (Lipinski definition) is 7. The van der Waals surface area contributed by atoms with E-state index in [-0.39, 0.29) is 17.7 Å². The number of aryl methyl sites for hydroxylation is 1. The van der Waals surface area contributed by atoms with Gasteiger partial charge in [0.2, 0.25) is 4.96 Å². The molecule has 0 spiro atoms. The fourth-order valence-electron chi connectivity index (χ4n) is 3.20. The third kappa shape index (κ3) is 3.74. The van der Waals surface area contributed by atoms with Crippen molar-refractivity contribution >= 4 is 39.5 Å². The Morgan fingerprint density at radius 1 is 1.12 bits per heavy atom. The Hall–Kier alpha value is -3.63. The number of ether oxygens (including phenoxy) is 1. The second-order valence-corrected chi connectivity index (χ2v) is 8.71. The van der Waals surface area contributed by atoms with Crippen molar-refractivity contribution in [3.63, 3.8) is 0 Å². The van der Waals surface area contributed by atoms with Gasteiger partial charge >= 0.3 is 0 Å². The fourth-order valence-corrected chi connectivity index (χ4v) is 4.99. The molecule has 0 atom stereocenters. The highest BCUT2D eigenvalue weighted by atomic mass is 32.1. The first-order valence-corrected chi connectivity index (χ1v) is 11.2. The first-order valence-electron chi connectivity index (χ1n) is 9.55. The van der Waals surface area contributed by atoms with Crippen LogP contribution in [0.4, 0.5) is 10.3 Å². The number of nitrogens with zero attached hydrogens (tertiary/aromatic N) is 4. The first kappa shape index (κ1) is 20.3. The molecule has 2 aromatic carbocycles. The summed E-state index contributed by atoms with van der Waals surface area (Å²) in [5.74, 6) is 0.295. The summed E-state index contributed by atoms with van der Waals surface area (Å²) in [6, 6.07) is 13.7. The van der Waals surface area contributed by atoms with Gasteiger partial charge in [0.25, 0.3) is 11.9 Å². The zero-order valence-electron chi connectivity index (χ0n) is 17.0. The van der Waals surface area contributed by atoms with E-state index in [1.165, 1.54) is 34.8 Å². The molecular weight excluding hydrogens is 449 g/mol. The van der Waals surface area contributed by atoms with Crippen molar-refractivity contribution in [2.24, 2.45) is 0 Å². The summed E-state index contributed by atoms with van der Waals surface area (Å²) in [6.45, 7) is 1.76. The molecule has 0 bridgehead atoms. The van der Waals surface area contributed by atoms with Gasteiger partial charge < -0.3 is 4.74 Å². The van der Waals surface area contributed by atoms with Crippen molar-refractivity contribution in [3.05, 3.63) is 70.3 Å². The van der Waals surface area contributed by atoms with Crippen molar-refractivity contribution in [2.75, 3.05) is 12.4 Å². The highest BCUT2D eigenvalue weighted by molar-refractivity contribution is 7.17. The Balaban J connectivity index is 1.41. The molecule has 10 heteroatoms. The second kappa shape index (κ2) is 8.13. The van der Waals surface area contributed by atoms with Gasteiger partial charge in [-0.1, -0.05) is 12.1 Å². The average Bonchev–Trinajstić information content (AvgIpc) is 3.48. The molecule has 1 amide bonds. The lowest BCUT2D eigenvalue weighted by Gasteiger charge is -2.03. The molecule has 0 radical (unpaired) electrons. The molecule has 32 heavy (non-hydrogen) atoms. The lowest BCUT2D eigenvalue weighted by Crippen LogP contribution is -2.12. The van der Waals surface area contributed by atoms with Crippen LogP contribution in [0.25, 0.3) is 26.8 Å². The molecule has 1 N–H and O–H groups in total. The number of halogens is 1. The van der Waals surface area contributed by atoms with E-state index in [1.54, 1.807) is 30.7 Å². The van der Waals surface area contributed by atoms with Gasteiger partial charge in [-0.25, -0.2) is 13.9 Å². The summed E-state index contributed by atoms with van der Waals surface area (Å²) >= 11 is 2.67. The van der Waals surface area contributed by atoms with Crippen molar-refractivity contribution < 1.29 is 13.9 Å². The molecule has 0 aliphatic heterocycles. The minimum Gasteiger partial charge on any atom is -0.497 e. The maximum atomic E-state index is 13.2. The van der Waals surface area contributed by atoms with E-state index in [4.69, 9.17) is 4.74 Å².